The van der Waals surface area contributed by atoms with Crippen LogP contribution in [0.25, 0.3) is 21.5 Å². The van der Waals surface area contributed by atoms with Gasteiger partial charge in [-0.2, -0.15) is 0 Å². The van der Waals surface area contributed by atoms with Gasteiger partial charge in [-0.1, -0.05) is 30.3 Å². The third-order valence-corrected chi connectivity index (χ3v) is 10.8. The number of esters is 1. The molecular weight excluding hydrogens is 720 g/mol. The topological polar surface area (TPSA) is 234 Å². The largest absolute Gasteiger partial charge is 0.462 e. The van der Waals surface area contributed by atoms with E-state index >= 15 is 0 Å². The second-order valence-corrected chi connectivity index (χ2v) is 14.0. The second kappa shape index (κ2) is 13.4. The van der Waals surface area contributed by atoms with Crippen molar-refractivity contribution in [2.75, 3.05) is 13.2 Å². The predicted molar refractivity (Wildman–Crippen MR) is 188 cm³/mol. The molecule has 0 radical (unpaired) electrons. The van der Waals surface area contributed by atoms with Gasteiger partial charge in [-0.15, -0.1) is 0 Å². The Kier molecular flexibility index (Phi) is 8.71. The fraction of sp³-hybridized carbons (Fsp3) is 0.325. The summed E-state index contributed by atoms with van der Waals surface area (Å²) in [6.07, 6.45) is -14.6. The molecule has 0 bridgehead atoms. The summed E-state index contributed by atoms with van der Waals surface area (Å²) in [4.78, 5) is 13.5. The zero-order chi connectivity index (χ0) is 38.3. The first-order valence-electron chi connectivity index (χ1n) is 17.6. The molecule has 286 valence electrons. The summed E-state index contributed by atoms with van der Waals surface area (Å²) in [5.74, 6) is 0.766. The minimum atomic E-state index is -1.62. The Bertz CT molecular complexity index is 2180. The van der Waals surface area contributed by atoms with E-state index in [1.54, 1.807) is 60.7 Å². The van der Waals surface area contributed by atoms with Crippen LogP contribution in [-0.4, -0.2) is 121 Å². The van der Waals surface area contributed by atoms with Crippen LogP contribution in [0.1, 0.15) is 27.0 Å². The number of carbonyl (C=O) groups is 1. The average Bonchev–Trinajstić information content (AvgIpc) is 3.49. The van der Waals surface area contributed by atoms with Crippen molar-refractivity contribution in [2.24, 2.45) is 0 Å². The van der Waals surface area contributed by atoms with Crippen LogP contribution in [0.15, 0.2) is 84.9 Å². The Morgan fingerprint density at radius 2 is 1.05 bits per heavy atom. The summed E-state index contributed by atoms with van der Waals surface area (Å²) in [5.41, 5.74) is 0.740. The van der Waals surface area contributed by atoms with E-state index in [1.165, 1.54) is 0 Å². The molecule has 2 saturated heterocycles. The number of benzene rings is 5. The molecule has 1 unspecified atom stereocenters. The molecule has 4 aliphatic rings. The molecule has 9 rings (SSSR count). The molecule has 0 aromatic heterocycles. The molecule has 4 aliphatic heterocycles. The monoisotopic (exact) mass is 756 g/mol. The maximum atomic E-state index is 13.5. The lowest BCUT2D eigenvalue weighted by Gasteiger charge is -2.39. The lowest BCUT2D eigenvalue weighted by molar-refractivity contribution is -0.277. The Morgan fingerprint density at radius 3 is 1.55 bits per heavy atom. The fourth-order valence-electron chi connectivity index (χ4n) is 7.94. The number of hydrogen-bond acceptors (Lipinski definition) is 15. The van der Waals surface area contributed by atoms with E-state index in [0.717, 1.165) is 0 Å². The van der Waals surface area contributed by atoms with Crippen molar-refractivity contribution in [1.82, 2.24) is 0 Å². The van der Waals surface area contributed by atoms with E-state index in [2.05, 4.69) is 0 Å². The zero-order valence-electron chi connectivity index (χ0n) is 28.7. The summed E-state index contributed by atoms with van der Waals surface area (Å²) in [6, 6.07) is 24.4. The molecule has 55 heavy (non-hydrogen) atoms. The van der Waals surface area contributed by atoms with Gasteiger partial charge in [-0.25, -0.2) is 4.79 Å². The first-order valence-corrected chi connectivity index (χ1v) is 17.6. The van der Waals surface area contributed by atoms with Crippen molar-refractivity contribution in [3.05, 3.63) is 107 Å². The summed E-state index contributed by atoms with van der Waals surface area (Å²) < 4.78 is 36.0. The number of rotatable bonds is 6. The van der Waals surface area contributed by atoms with Gasteiger partial charge in [0.15, 0.2) is 5.60 Å². The molecule has 15 heteroatoms. The molecule has 0 amide bonds. The number of ether oxygens (including phenoxy) is 6. The molecule has 5 aromatic rings. The summed E-state index contributed by atoms with van der Waals surface area (Å²) in [7, 11) is 0. The third-order valence-electron chi connectivity index (χ3n) is 10.8. The van der Waals surface area contributed by atoms with Crippen LogP contribution in [-0.2, 0) is 19.8 Å². The Hall–Kier alpha value is -4.91. The van der Waals surface area contributed by atoms with Gasteiger partial charge in [0.25, 0.3) is 0 Å². The van der Waals surface area contributed by atoms with Crippen LogP contribution in [0.3, 0.4) is 0 Å². The van der Waals surface area contributed by atoms with Gasteiger partial charge in [0.2, 0.25) is 12.6 Å². The highest BCUT2D eigenvalue weighted by Gasteiger charge is 2.54. The van der Waals surface area contributed by atoms with Crippen LogP contribution >= 0.6 is 0 Å². The van der Waals surface area contributed by atoms with Crippen LogP contribution in [0, 0.1) is 0 Å². The Balaban J connectivity index is 1.13. The molecule has 15 nitrogen and oxygen atoms in total. The molecule has 0 aliphatic carbocycles. The van der Waals surface area contributed by atoms with Gasteiger partial charge in [-0.05, 0) is 65.4 Å². The number of aliphatic hydroxyl groups is 8. The summed E-state index contributed by atoms with van der Waals surface area (Å²) in [5, 5.41) is 83.7. The molecular formula is C40H36O15. The standard InChI is InChI=1S/C40H36O15/c41-15-27-29(43)31(45)33(47)38(52-27)50-19-7-9-21-17(13-19)5-11-25-35(21)54-36-22-10-8-20(51-39-34(48)32(46)30(44)28(16-42)53-39)14-18(22)6-12-26(36)40(25)24-4-2-1-3-23(24)37(49)55-40/h1-14,27-34,38-39,41-48H,15-16H2/t27-,28+,29+,30-,31+,32-,33-,34+,38-,39+,40?. The van der Waals surface area contributed by atoms with Crippen LogP contribution in [0.4, 0.5) is 0 Å². The predicted octanol–water partition coefficient (Wildman–Crippen LogP) is 0.918. The van der Waals surface area contributed by atoms with Gasteiger partial charge in [0, 0.05) is 27.5 Å². The molecule has 1 spiro atoms. The summed E-state index contributed by atoms with van der Waals surface area (Å²) >= 11 is 0. The van der Waals surface area contributed by atoms with E-state index < -0.39 is 86.2 Å². The highest BCUT2D eigenvalue weighted by atomic mass is 16.7. The number of aliphatic hydroxyl groups excluding tert-OH is 8. The van der Waals surface area contributed by atoms with Gasteiger partial charge in [0.05, 0.1) is 18.8 Å². The lowest BCUT2D eigenvalue weighted by Crippen LogP contribution is -2.60. The fourth-order valence-corrected chi connectivity index (χ4v) is 7.94. The molecule has 4 heterocycles. The molecule has 11 atom stereocenters. The van der Waals surface area contributed by atoms with Crippen molar-refractivity contribution < 1.29 is 74.1 Å². The van der Waals surface area contributed by atoms with E-state index in [4.69, 9.17) is 28.4 Å². The minimum absolute atomic E-state index is 0.248. The highest BCUT2D eigenvalue weighted by molar-refractivity contribution is 6.01. The van der Waals surface area contributed by atoms with Crippen LogP contribution in [0.5, 0.6) is 23.0 Å². The third kappa shape index (κ3) is 5.47. The molecule has 8 N–H and O–H groups in total. The zero-order valence-corrected chi connectivity index (χ0v) is 28.7. The van der Waals surface area contributed by atoms with Gasteiger partial charge < -0.3 is 69.3 Å². The van der Waals surface area contributed by atoms with E-state index in [0.29, 0.717) is 55.3 Å². The molecule has 5 aromatic carbocycles. The van der Waals surface area contributed by atoms with Crippen molar-refractivity contribution in [3.63, 3.8) is 0 Å². The van der Waals surface area contributed by atoms with Crippen LogP contribution in [0.2, 0.25) is 0 Å². The van der Waals surface area contributed by atoms with Gasteiger partial charge in [0.1, 0.15) is 71.8 Å². The quantitative estimate of drug-likeness (QED) is 0.113. The van der Waals surface area contributed by atoms with E-state index in [-0.39, 0.29) is 11.5 Å². The van der Waals surface area contributed by atoms with Crippen molar-refractivity contribution in [3.8, 4) is 23.0 Å². The molecule has 2 fully saturated rings. The normalized spacial score (nSPS) is 32.4. The highest BCUT2D eigenvalue weighted by Crippen LogP contribution is 2.59. The second-order valence-electron chi connectivity index (χ2n) is 14.0. The minimum Gasteiger partial charge on any atom is -0.462 e. The Labute approximate surface area is 311 Å². The average molecular weight is 757 g/mol. The first kappa shape index (κ1) is 35.8. The molecule has 0 saturated carbocycles. The smallest absolute Gasteiger partial charge is 0.340 e. The van der Waals surface area contributed by atoms with Crippen molar-refractivity contribution >= 4 is 27.5 Å². The SMILES string of the molecule is O=C1OC2(c3ccccc31)c1ccc3cc(O[C@H]4O[C@@H](CO)[C@@H](O)[C@@H](O)[C@@H]4O)ccc3c1Oc1c2ccc2cc(O[C@@H]3O[C@H](CO)[C@H](O)[C@H](O)[C@H]3O)ccc12. The van der Waals surface area contributed by atoms with Crippen LogP contribution < -0.4 is 14.2 Å². The van der Waals surface area contributed by atoms with Gasteiger partial charge >= 0.3 is 5.97 Å². The first-order chi connectivity index (χ1) is 26.5. The number of hydrogen-bond donors (Lipinski definition) is 8. The van der Waals surface area contributed by atoms with E-state index in [9.17, 15) is 45.6 Å². The maximum absolute atomic E-state index is 13.5. The number of carbonyl (C=O) groups excluding carboxylic acids is 1. The maximum Gasteiger partial charge on any atom is 0.340 e. The van der Waals surface area contributed by atoms with E-state index in [1.807, 2.05) is 24.3 Å². The van der Waals surface area contributed by atoms with Crippen molar-refractivity contribution in [1.29, 1.82) is 0 Å². The lowest BCUT2D eigenvalue weighted by atomic mass is 9.76. The summed E-state index contributed by atoms with van der Waals surface area (Å²) in [6.45, 7) is -1.21. The number of fused-ring (bicyclic) bond motifs is 10. The van der Waals surface area contributed by atoms with Gasteiger partial charge in [-0.3, -0.25) is 0 Å². The van der Waals surface area contributed by atoms with Crippen molar-refractivity contribution in [2.45, 2.75) is 67.0 Å². The Morgan fingerprint density at radius 1 is 0.564 bits per heavy atom.